The van der Waals surface area contributed by atoms with Gasteiger partial charge in [0.1, 0.15) is 0 Å². The van der Waals surface area contributed by atoms with Gasteiger partial charge in [0.2, 0.25) is 0 Å². The highest BCUT2D eigenvalue weighted by atomic mass is 16.4. The summed E-state index contributed by atoms with van der Waals surface area (Å²) in [5, 5.41) is 13.1. The minimum Gasteiger partial charge on any atom is -0.464 e. The van der Waals surface area contributed by atoms with Crippen molar-refractivity contribution in [1.82, 2.24) is 10.0 Å². The third-order valence-corrected chi connectivity index (χ3v) is 3.72. The molecule has 1 unspecified atom stereocenters. The molecule has 4 nitrogen and oxygen atoms in total. The van der Waals surface area contributed by atoms with Crippen molar-refractivity contribution in [1.29, 1.82) is 0 Å². The fraction of sp³-hybridized carbons (Fsp3) is 0.562. The van der Waals surface area contributed by atoms with Crippen LogP contribution in [0.2, 0.25) is 0 Å². The number of benzene rings is 1. The lowest BCUT2D eigenvalue weighted by Gasteiger charge is -2.42. The van der Waals surface area contributed by atoms with Crippen LogP contribution >= 0.6 is 0 Å². The molecule has 110 valence electrons. The second kappa shape index (κ2) is 5.44. The van der Waals surface area contributed by atoms with Gasteiger partial charge >= 0.3 is 6.09 Å². The largest absolute Gasteiger partial charge is 0.464 e. The van der Waals surface area contributed by atoms with Crippen molar-refractivity contribution < 1.29 is 9.90 Å². The predicted octanol–water partition coefficient (Wildman–Crippen LogP) is 3.83. The molecule has 1 fully saturated rings. The van der Waals surface area contributed by atoms with Crippen molar-refractivity contribution in [2.45, 2.75) is 52.1 Å². The molecule has 1 heterocycles. The summed E-state index contributed by atoms with van der Waals surface area (Å²) in [7, 11) is 0. The highest BCUT2D eigenvalue weighted by molar-refractivity contribution is 5.65. The van der Waals surface area contributed by atoms with Gasteiger partial charge in [-0.3, -0.25) is 0 Å². The van der Waals surface area contributed by atoms with Gasteiger partial charge in [-0.1, -0.05) is 29.8 Å². The molecule has 1 saturated heterocycles. The Balaban J connectivity index is 2.33. The Morgan fingerprint density at radius 1 is 1.40 bits per heavy atom. The SMILES string of the molecule is Cc1cccc(C2CCCN2N(C(=O)O)C(C)(C)C)c1. The van der Waals surface area contributed by atoms with Crippen molar-refractivity contribution in [3.63, 3.8) is 0 Å². The first-order valence-electron chi connectivity index (χ1n) is 7.17. The quantitative estimate of drug-likeness (QED) is 0.893. The van der Waals surface area contributed by atoms with E-state index in [-0.39, 0.29) is 6.04 Å². The van der Waals surface area contributed by atoms with E-state index in [2.05, 4.69) is 25.1 Å². The maximum absolute atomic E-state index is 11.7. The van der Waals surface area contributed by atoms with Crippen LogP contribution in [0.1, 0.15) is 50.8 Å². The molecule has 1 aliphatic rings. The molecule has 20 heavy (non-hydrogen) atoms. The molecule has 2 rings (SSSR count). The van der Waals surface area contributed by atoms with Gasteiger partial charge in [0.15, 0.2) is 0 Å². The summed E-state index contributed by atoms with van der Waals surface area (Å²) in [6.45, 7) is 8.68. The Morgan fingerprint density at radius 3 is 2.65 bits per heavy atom. The zero-order valence-electron chi connectivity index (χ0n) is 12.8. The molecule has 1 aromatic rings. The summed E-state index contributed by atoms with van der Waals surface area (Å²) in [5.74, 6) is 0. The van der Waals surface area contributed by atoms with E-state index >= 15 is 0 Å². The van der Waals surface area contributed by atoms with Crippen LogP contribution in [0.3, 0.4) is 0 Å². The van der Waals surface area contributed by atoms with Gasteiger partial charge in [-0.15, -0.1) is 0 Å². The first-order valence-corrected chi connectivity index (χ1v) is 7.17. The highest BCUT2D eigenvalue weighted by Gasteiger charge is 2.38. The Hall–Kier alpha value is -1.55. The van der Waals surface area contributed by atoms with Crippen LogP contribution in [0.25, 0.3) is 0 Å². The number of nitrogens with zero attached hydrogens (tertiary/aromatic N) is 2. The topological polar surface area (TPSA) is 43.8 Å². The van der Waals surface area contributed by atoms with E-state index in [4.69, 9.17) is 0 Å². The maximum Gasteiger partial charge on any atom is 0.422 e. The van der Waals surface area contributed by atoms with Crippen molar-refractivity contribution >= 4 is 6.09 Å². The summed E-state index contributed by atoms with van der Waals surface area (Å²) in [4.78, 5) is 11.7. The van der Waals surface area contributed by atoms with Crippen LogP contribution in [-0.4, -0.2) is 33.3 Å². The average molecular weight is 276 g/mol. The summed E-state index contributed by atoms with van der Waals surface area (Å²) < 4.78 is 0. The van der Waals surface area contributed by atoms with Crippen LogP contribution < -0.4 is 0 Å². The van der Waals surface area contributed by atoms with Gasteiger partial charge in [-0.25, -0.2) is 14.8 Å². The van der Waals surface area contributed by atoms with Gasteiger partial charge in [0.05, 0.1) is 11.6 Å². The Morgan fingerprint density at radius 2 is 2.10 bits per heavy atom. The minimum atomic E-state index is -0.878. The molecule has 0 aromatic heterocycles. The second-order valence-corrected chi connectivity index (χ2v) is 6.50. The molecule has 4 heteroatoms. The molecule has 0 radical (unpaired) electrons. The number of hydrogen-bond acceptors (Lipinski definition) is 2. The first-order chi connectivity index (χ1) is 9.30. The molecule has 1 N–H and O–H groups in total. The molecule has 0 aliphatic carbocycles. The second-order valence-electron chi connectivity index (χ2n) is 6.50. The fourth-order valence-electron chi connectivity index (χ4n) is 2.99. The molecule has 0 saturated carbocycles. The van der Waals surface area contributed by atoms with Crippen molar-refractivity contribution in [3.8, 4) is 0 Å². The van der Waals surface area contributed by atoms with Gasteiger partial charge in [-0.05, 0) is 46.1 Å². The van der Waals surface area contributed by atoms with Gasteiger partial charge in [0.25, 0.3) is 0 Å². The van der Waals surface area contributed by atoms with E-state index in [1.54, 1.807) is 0 Å². The first kappa shape index (κ1) is 14.9. The molecule has 0 spiro atoms. The summed E-state index contributed by atoms with van der Waals surface area (Å²) in [6, 6.07) is 8.53. The van der Waals surface area contributed by atoms with Crippen LogP contribution in [0.4, 0.5) is 4.79 Å². The van der Waals surface area contributed by atoms with E-state index < -0.39 is 11.6 Å². The lowest BCUT2D eigenvalue weighted by molar-refractivity contribution is -0.0755. The van der Waals surface area contributed by atoms with E-state index in [1.807, 2.05) is 31.8 Å². The van der Waals surface area contributed by atoms with Gasteiger partial charge in [0, 0.05) is 6.54 Å². The zero-order chi connectivity index (χ0) is 14.9. The van der Waals surface area contributed by atoms with Gasteiger partial charge in [-0.2, -0.15) is 0 Å². The monoisotopic (exact) mass is 276 g/mol. The number of carboxylic acid groups (broad SMARTS) is 1. The number of carbonyl (C=O) groups is 1. The zero-order valence-corrected chi connectivity index (χ0v) is 12.8. The normalized spacial score (nSPS) is 20.1. The Labute approximate surface area is 121 Å². The number of hydrogen-bond donors (Lipinski definition) is 1. The van der Waals surface area contributed by atoms with E-state index in [9.17, 15) is 9.90 Å². The molecular formula is C16H24N2O2. The number of hydrazine groups is 1. The van der Waals surface area contributed by atoms with E-state index in [1.165, 1.54) is 16.1 Å². The number of rotatable bonds is 2. The molecular weight excluding hydrogens is 252 g/mol. The number of aryl methyl sites for hydroxylation is 1. The lowest BCUT2D eigenvalue weighted by Crippen LogP contribution is -2.55. The molecule has 1 aromatic carbocycles. The van der Waals surface area contributed by atoms with Crippen molar-refractivity contribution in [2.24, 2.45) is 0 Å². The molecule has 1 atom stereocenters. The van der Waals surface area contributed by atoms with E-state index in [0.717, 1.165) is 19.4 Å². The Bertz CT molecular complexity index is 493. The average Bonchev–Trinajstić information content (AvgIpc) is 2.75. The Kier molecular flexibility index (Phi) is 4.04. The standard InChI is InChI=1S/C16H24N2O2/c1-12-7-5-8-13(11-12)14-9-6-10-17(14)18(15(19)20)16(2,3)4/h5,7-8,11,14H,6,9-10H2,1-4H3,(H,19,20). The van der Waals surface area contributed by atoms with E-state index in [0.29, 0.717) is 0 Å². The summed E-state index contributed by atoms with van der Waals surface area (Å²) in [5.41, 5.74) is 1.99. The third-order valence-electron chi connectivity index (χ3n) is 3.72. The maximum atomic E-state index is 11.7. The van der Waals surface area contributed by atoms with Crippen LogP contribution in [0, 0.1) is 6.92 Å². The highest BCUT2D eigenvalue weighted by Crippen LogP contribution is 2.36. The summed E-state index contributed by atoms with van der Waals surface area (Å²) >= 11 is 0. The van der Waals surface area contributed by atoms with Gasteiger partial charge < -0.3 is 5.11 Å². The molecule has 1 amide bonds. The van der Waals surface area contributed by atoms with Crippen LogP contribution in [0.15, 0.2) is 24.3 Å². The smallest absolute Gasteiger partial charge is 0.422 e. The molecule has 0 bridgehead atoms. The van der Waals surface area contributed by atoms with Crippen molar-refractivity contribution in [3.05, 3.63) is 35.4 Å². The summed E-state index contributed by atoms with van der Waals surface area (Å²) in [6.07, 6.45) is 1.15. The minimum absolute atomic E-state index is 0.158. The van der Waals surface area contributed by atoms with Crippen LogP contribution in [0.5, 0.6) is 0 Å². The lowest BCUT2D eigenvalue weighted by atomic mass is 10.0. The van der Waals surface area contributed by atoms with Crippen molar-refractivity contribution in [2.75, 3.05) is 6.54 Å². The predicted molar refractivity (Wildman–Crippen MR) is 79.5 cm³/mol. The third kappa shape index (κ3) is 2.96. The number of amides is 1. The molecule has 1 aliphatic heterocycles. The fourth-order valence-corrected chi connectivity index (χ4v) is 2.99. The van der Waals surface area contributed by atoms with Crippen LogP contribution in [-0.2, 0) is 0 Å².